The first-order valence-electron chi connectivity index (χ1n) is 5.58. The van der Waals surface area contributed by atoms with Gasteiger partial charge in [0.05, 0.1) is 19.6 Å². The van der Waals surface area contributed by atoms with Crippen molar-refractivity contribution in [3.63, 3.8) is 0 Å². The molecule has 0 heterocycles. The highest BCUT2D eigenvalue weighted by Crippen LogP contribution is 2.15. The van der Waals surface area contributed by atoms with Crippen LogP contribution in [-0.2, 0) is 10.2 Å². The number of nitrogens with one attached hydrogen (secondary N) is 1. The average Bonchev–Trinajstić information content (AvgIpc) is 2.22. The highest BCUT2D eigenvalue weighted by atomic mass is 32.2. The van der Waals surface area contributed by atoms with Gasteiger partial charge in [0.15, 0.2) is 0 Å². The summed E-state index contributed by atoms with van der Waals surface area (Å²) in [4.78, 5) is 10.5. The van der Waals surface area contributed by atoms with E-state index in [1.165, 1.54) is 0 Å². The average molecular weight is 282 g/mol. The summed E-state index contributed by atoms with van der Waals surface area (Å²) >= 11 is 0. The fourth-order valence-electron chi connectivity index (χ4n) is 1.73. The molecule has 0 unspecified atom stereocenters. The maximum Gasteiger partial charge on any atom is 0.422 e. The van der Waals surface area contributed by atoms with Crippen LogP contribution < -0.4 is 4.72 Å². The lowest BCUT2D eigenvalue weighted by molar-refractivity contribution is -0.803. The number of amides is 1. The number of carbonyl (C=O) groups is 1. The summed E-state index contributed by atoms with van der Waals surface area (Å²) in [6, 6.07) is 0. The Hall–Kier alpha value is -1.12. The Kier molecular flexibility index (Phi) is 8.61. The van der Waals surface area contributed by atoms with E-state index in [4.69, 9.17) is 5.11 Å². The highest BCUT2D eigenvalue weighted by molar-refractivity contribution is 7.84. The Labute approximate surface area is 108 Å². The van der Waals surface area contributed by atoms with Crippen molar-refractivity contribution < 1.29 is 27.7 Å². The molecule has 0 aromatic carbocycles. The van der Waals surface area contributed by atoms with Gasteiger partial charge in [0.2, 0.25) is 0 Å². The number of hydrogen-bond acceptors (Lipinski definition) is 4. The Morgan fingerprint density at radius 1 is 1.39 bits per heavy atom. The molecule has 108 valence electrons. The lowest BCUT2D eigenvalue weighted by Gasteiger charge is -2.33. The molecule has 18 heavy (non-hydrogen) atoms. The summed E-state index contributed by atoms with van der Waals surface area (Å²) in [5, 5.41) is 8.56. The molecule has 0 saturated carbocycles. The number of nitrogens with zero attached hydrogens (tertiary/aromatic N) is 1. The topological polar surface area (TPSA) is 113 Å². The van der Waals surface area contributed by atoms with Gasteiger partial charge in [-0.3, -0.25) is 0 Å². The minimum atomic E-state index is -3.91. The Bertz CT molecular complexity index is 362. The molecular weight excluding hydrogens is 260 g/mol. The summed E-state index contributed by atoms with van der Waals surface area (Å²) in [7, 11) is -3.91. The maximum atomic E-state index is 12.0. The molecule has 0 fully saturated rings. The molecule has 0 radical (unpaired) electrons. The van der Waals surface area contributed by atoms with Crippen LogP contribution in [-0.4, -0.2) is 48.6 Å². The van der Waals surface area contributed by atoms with Gasteiger partial charge >= 0.3 is 16.3 Å². The third-order valence-electron chi connectivity index (χ3n) is 2.85. The minimum absolute atomic E-state index is 0. The zero-order chi connectivity index (χ0) is 13.5. The smallest absolute Gasteiger partial charge is 0.422 e. The number of carboxylic acid groups (broad SMARTS) is 1. The van der Waals surface area contributed by atoms with Crippen molar-refractivity contribution in [1.29, 1.82) is 0 Å². The fourth-order valence-corrected chi connectivity index (χ4v) is 3.19. The SMILES string of the molecule is C=CCCC[N+](CC)(CC)S(=O)(=O)NC(=O)O.[OH-]. The standard InChI is InChI=1S/C10H20N2O4S.H2O/c1-4-7-8-9-12(5-2,6-3)17(15,16)11-10(13)14;/h4,11H,1,5-9H2,2-3H3;1H2. The van der Waals surface area contributed by atoms with Crippen LogP contribution in [0.15, 0.2) is 12.7 Å². The van der Waals surface area contributed by atoms with Crippen molar-refractivity contribution in [2.45, 2.75) is 26.7 Å². The molecule has 0 aromatic rings. The zero-order valence-electron chi connectivity index (χ0n) is 10.8. The van der Waals surface area contributed by atoms with Gasteiger partial charge in [0, 0.05) is 6.42 Å². The predicted molar refractivity (Wildman–Crippen MR) is 67.7 cm³/mol. The quantitative estimate of drug-likeness (QED) is 0.394. The second-order valence-electron chi connectivity index (χ2n) is 3.73. The van der Waals surface area contributed by atoms with E-state index in [-0.39, 0.29) is 9.36 Å². The predicted octanol–water partition coefficient (Wildman–Crippen LogP) is 1.14. The zero-order valence-corrected chi connectivity index (χ0v) is 11.6. The van der Waals surface area contributed by atoms with E-state index in [9.17, 15) is 13.2 Å². The van der Waals surface area contributed by atoms with Crippen LogP contribution in [0, 0.1) is 0 Å². The van der Waals surface area contributed by atoms with Crippen molar-refractivity contribution in [3.05, 3.63) is 12.7 Å². The molecule has 0 atom stereocenters. The number of hydrogen-bond donors (Lipinski definition) is 2. The molecule has 0 saturated heterocycles. The van der Waals surface area contributed by atoms with Gasteiger partial charge in [-0.05, 0) is 20.3 Å². The van der Waals surface area contributed by atoms with Crippen LogP contribution in [0.5, 0.6) is 0 Å². The number of allylic oxidation sites excluding steroid dienone is 1. The lowest BCUT2D eigenvalue weighted by atomic mass is 10.3. The molecule has 0 spiro atoms. The second kappa shape index (κ2) is 8.06. The first kappa shape index (κ1) is 19.2. The fraction of sp³-hybridized carbons (Fsp3) is 0.700. The van der Waals surface area contributed by atoms with Gasteiger partial charge in [0.1, 0.15) is 0 Å². The van der Waals surface area contributed by atoms with Crippen molar-refractivity contribution in [2.24, 2.45) is 0 Å². The summed E-state index contributed by atoms with van der Waals surface area (Å²) in [5.74, 6) is 0. The molecule has 0 aliphatic carbocycles. The van der Waals surface area contributed by atoms with Gasteiger partial charge < -0.3 is 10.6 Å². The van der Waals surface area contributed by atoms with Crippen LogP contribution >= 0.6 is 0 Å². The van der Waals surface area contributed by atoms with E-state index in [1.807, 2.05) is 0 Å². The largest absolute Gasteiger partial charge is 0.870 e. The Balaban J connectivity index is 0. The molecular formula is C10H22N2O5S. The third kappa shape index (κ3) is 4.63. The monoisotopic (exact) mass is 282 g/mol. The summed E-state index contributed by atoms with van der Waals surface area (Å²) < 4.78 is 25.3. The van der Waals surface area contributed by atoms with Crippen LogP contribution in [0.4, 0.5) is 4.79 Å². The van der Waals surface area contributed by atoms with Crippen molar-refractivity contribution in [1.82, 2.24) is 4.72 Å². The molecule has 0 aliphatic rings. The molecule has 0 rings (SSSR count). The van der Waals surface area contributed by atoms with E-state index in [1.54, 1.807) is 24.6 Å². The molecule has 8 heteroatoms. The van der Waals surface area contributed by atoms with E-state index in [0.29, 0.717) is 32.5 Å². The van der Waals surface area contributed by atoms with Gasteiger partial charge in [-0.15, -0.1) is 6.58 Å². The molecule has 0 aromatic heterocycles. The van der Waals surface area contributed by atoms with Crippen LogP contribution in [0.3, 0.4) is 0 Å². The van der Waals surface area contributed by atoms with Gasteiger partial charge in [0.25, 0.3) is 0 Å². The van der Waals surface area contributed by atoms with Gasteiger partial charge in [-0.25, -0.2) is 8.68 Å². The summed E-state index contributed by atoms with van der Waals surface area (Å²) in [5.41, 5.74) is 0. The normalized spacial score (nSPS) is 11.4. The number of quaternary nitrogens is 1. The molecule has 1 amide bonds. The van der Waals surface area contributed by atoms with E-state index >= 15 is 0 Å². The third-order valence-corrected chi connectivity index (χ3v) is 5.00. The first-order valence-corrected chi connectivity index (χ1v) is 7.02. The first-order chi connectivity index (χ1) is 7.85. The summed E-state index contributed by atoms with van der Waals surface area (Å²) in [6.07, 6.45) is 1.55. The van der Waals surface area contributed by atoms with E-state index in [0.717, 1.165) is 0 Å². The van der Waals surface area contributed by atoms with Crippen LogP contribution in [0.1, 0.15) is 26.7 Å². The van der Waals surface area contributed by atoms with Gasteiger partial charge in [-0.2, -0.15) is 13.1 Å². The Morgan fingerprint density at radius 2 is 1.89 bits per heavy atom. The number of unbranched alkanes of at least 4 members (excludes halogenated alkanes) is 1. The summed E-state index contributed by atoms with van der Waals surface area (Å²) in [6.45, 7) is 8.08. The lowest BCUT2D eigenvalue weighted by Crippen LogP contribution is -2.58. The second-order valence-corrected chi connectivity index (χ2v) is 5.66. The van der Waals surface area contributed by atoms with E-state index in [2.05, 4.69) is 6.58 Å². The minimum Gasteiger partial charge on any atom is -0.870 e. The van der Waals surface area contributed by atoms with Crippen molar-refractivity contribution >= 4 is 16.3 Å². The van der Waals surface area contributed by atoms with Crippen molar-refractivity contribution in [3.8, 4) is 0 Å². The number of rotatable bonds is 8. The molecule has 3 N–H and O–H groups in total. The maximum absolute atomic E-state index is 12.0. The van der Waals surface area contributed by atoms with Gasteiger partial charge in [-0.1, -0.05) is 6.08 Å². The van der Waals surface area contributed by atoms with E-state index < -0.39 is 16.3 Å². The van der Waals surface area contributed by atoms with Crippen LogP contribution in [0.25, 0.3) is 0 Å². The molecule has 0 bridgehead atoms. The molecule has 7 nitrogen and oxygen atoms in total. The Morgan fingerprint density at radius 3 is 2.22 bits per heavy atom. The van der Waals surface area contributed by atoms with Crippen LogP contribution in [0.2, 0.25) is 0 Å². The highest BCUT2D eigenvalue weighted by Gasteiger charge is 2.39. The molecule has 0 aliphatic heterocycles. The van der Waals surface area contributed by atoms with Crippen molar-refractivity contribution in [2.75, 3.05) is 19.6 Å².